The zero-order chi connectivity index (χ0) is 15.1. The molecule has 108 valence electrons. The van der Waals surface area contributed by atoms with Crippen molar-refractivity contribution in [1.29, 1.82) is 0 Å². The highest BCUT2D eigenvalue weighted by atomic mass is 32.1. The molecule has 0 radical (unpaired) electrons. The van der Waals surface area contributed by atoms with Crippen molar-refractivity contribution in [2.24, 2.45) is 0 Å². The van der Waals surface area contributed by atoms with Crippen LogP contribution in [0.2, 0.25) is 0 Å². The maximum atomic E-state index is 14.1. The first-order chi connectivity index (χ1) is 10.8. The first-order valence-corrected chi connectivity index (χ1v) is 7.44. The van der Waals surface area contributed by atoms with Crippen LogP contribution >= 0.6 is 11.3 Å². The maximum Gasteiger partial charge on any atom is 0.150 e. The third kappa shape index (κ3) is 1.92. The predicted molar refractivity (Wildman–Crippen MR) is 82.1 cm³/mol. The Morgan fingerprint density at radius 1 is 0.955 bits per heavy atom. The van der Waals surface area contributed by atoms with E-state index in [0.29, 0.717) is 5.82 Å². The molecule has 2 heterocycles. The Bertz CT molecular complexity index is 954. The highest BCUT2D eigenvalue weighted by molar-refractivity contribution is 7.16. The van der Waals surface area contributed by atoms with E-state index in [1.165, 1.54) is 40.3 Å². The maximum absolute atomic E-state index is 14.1. The van der Waals surface area contributed by atoms with Crippen LogP contribution in [0.5, 0.6) is 0 Å². The second-order valence-corrected chi connectivity index (χ2v) is 5.58. The molecule has 0 N–H and O–H groups in total. The van der Waals surface area contributed by atoms with E-state index >= 15 is 0 Å². The number of fused-ring (bicyclic) bond motifs is 1. The van der Waals surface area contributed by atoms with Gasteiger partial charge < -0.3 is 0 Å². The van der Waals surface area contributed by atoms with E-state index in [2.05, 4.69) is 9.97 Å². The van der Waals surface area contributed by atoms with Crippen molar-refractivity contribution in [3.63, 3.8) is 0 Å². The molecule has 3 nitrogen and oxygen atoms in total. The number of aromatic nitrogens is 3. The summed E-state index contributed by atoms with van der Waals surface area (Å²) >= 11 is 1.51. The van der Waals surface area contributed by atoms with E-state index in [4.69, 9.17) is 0 Å². The second kappa shape index (κ2) is 4.99. The van der Waals surface area contributed by atoms with E-state index in [9.17, 15) is 8.78 Å². The van der Waals surface area contributed by atoms with Gasteiger partial charge in [-0.3, -0.25) is 4.57 Å². The van der Waals surface area contributed by atoms with E-state index < -0.39 is 11.6 Å². The zero-order valence-corrected chi connectivity index (χ0v) is 12.0. The lowest BCUT2D eigenvalue weighted by molar-refractivity contribution is 0.570. The minimum absolute atomic E-state index is 0.137. The van der Waals surface area contributed by atoms with Gasteiger partial charge in [0.25, 0.3) is 0 Å². The molecule has 0 unspecified atom stereocenters. The number of halogens is 2. The zero-order valence-electron chi connectivity index (χ0n) is 11.2. The molecule has 4 rings (SSSR count). The van der Waals surface area contributed by atoms with Gasteiger partial charge in [-0.2, -0.15) is 0 Å². The molecule has 0 saturated heterocycles. The van der Waals surface area contributed by atoms with E-state index in [-0.39, 0.29) is 5.69 Å². The van der Waals surface area contributed by atoms with Gasteiger partial charge in [-0.15, -0.1) is 11.3 Å². The Labute approximate surface area is 128 Å². The number of benzene rings is 2. The van der Waals surface area contributed by atoms with Gasteiger partial charge in [0.1, 0.15) is 23.1 Å². The largest absolute Gasteiger partial charge is 0.294 e. The standard InChI is InChI=1S/C16H9F2N3S/c17-11-4-2-5-12(18)15(11)21-8-7-19-16(21)10-3-1-6-13-14(10)20-9-22-13/h1-9H. The van der Waals surface area contributed by atoms with E-state index in [1.807, 2.05) is 18.2 Å². The van der Waals surface area contributed by atoms with Crippen LogP contribution in [0.1, 0.15) is 0 Å². The predicted octanol–water partition coefficient (Wildman–Crippen LogP) is 4.43. The molecule has 0 fully saturated rings. The highest BCUT2D eigenvalue weighted by Gasteiger charge is 2.17. The highest BCUT2D eigenvalue weighted by Crippen LogP contribution is 2.31. The van der Waals surface area contributed by atoms with Crippen LogP contribution in [0.25, 0.3) is 27.3 Å². The van der Waals surface area contributed by atoms with E-state index in [1.54, 1.807) is 11.7 Å². The van der Waals surface area contributed by atoms with Crippen molar-refractivity contribution in [2.75, 3.05) is 0 Å². The summed E-state index contributed by atoms with van der Waals surface area (Å²) in [7, 11) is 0. The topological polar surface area (TPSA) is 30.7 Å². The van der Waals surface area contributed by atoms with Crippen molar-refractivity contribution >= 4 is 21.6 Å². The lowest BCUT2D eigenvalue weighted by Crippen LogP contribution is -2.02. The number of hydrogen-bond acceptors (Lipinski definition) is 3. The van der Waals surface area contributed by atoms with Crippen LogP contribution in [0.4, 0.5) is 8.78 Å². The van der Waals surface area contributed by atoms with Gasteiger partial charge in [0.2, 0.25) is 0 Å². The molecule has 0 amide bonds. The normalized spacial score (nSPS) is 11.2. The number of hydrogen-bond donors (Lipinski definition) is 0. The van der Waals surface area contributed by atoms with E-state index in [0.717, 1.165) is 15.8 Å². The van der Waals surface area contributed by atoms with Crippen molar-refractivity contribution in [2.45, 2.75) is 0 Å². The second-order valence-electron chi connectivity index (χ2n) is 4.70. The molecule has 4 aromatic rings. The Balaban J connectivity index is 2.00. The van der Waals surface area contributed by atoms with Crippen molar-refractivity contribution in [3.8, 4) is 17.1 Å². The Morgan fingerprint density at radius 3 is 2.55 bits per heavy atom. The molecule has 0 atom stereocenters. The van der Waals surface area contributed by atoms with Crippen molar-refractivity contribution < 1.29 is 8.78 Å². The fraction of sp³-hybridized carbons (Fsp3) is 0. The Kier molecular flexibility index (Phi) is 2.97. The first kappa shape index (κ1) is 13.1. The Morgan fingerprint density at radius 2 is 1.73 bits per heavy atom. The quantitative estimate of drug-likeness (QED) is 0.548. The molecule has 2 aromatic heterocycles. The van der Waals surface area contributed by atoms with Gasteiger partial charge >= 0.3 is 0 Å². The van der Waals surface area contributed by atoms with Gasteiger partial charge in [0.15, 0.2) is 0 Å². The third-order valence-electron chi connectivity index (χ3n) is 3.42. The molecule has 0 aliphatic rings. The number of thiazole rings is 1. The lowest BCUT2D eigenvalue weighted by atomic mass is 10.1. The fourth-order valence-electron chi connectivity index (χ4n) is 2.47. The molecular weight excluding hydrogens is 304 g/mol. The molecule has 6 heteroatoms. The third-order valence-corrected chi connectivity index (χ3v) is 4.21. The number of imidazole rings is 1. The summed E-state index contributed by atoms with van der Waals surface area (Å²) in [6, 6.07) is 9.48. The molecule has 0 bridgehead atoms. The smallest absolute Gasteiger partial charge is 0.150 e. The van der Waals surface area contributed by atoms with Gasteiger partial charge in [-0.1, -0.05) is 12.1 Å². The minimum atomic E-state index is -0.635. The first-order valence-electron chi connectivity index (χ1n) is 6.56. The molecule has 0 aliphatic heterocycles. The SMILES string of the molecule is Fc1cccc(F)c1-n1ccnc1-c1cccc2scnc12. The fourth-order valence-corrected chi connectivity index (χ4v) is 3.17. The summed E-state index contributed by atoms with van der Waals surface area (Å²) in [5.41, 5.74) is 3.12. The summed E-state index contributed by atoms with van der Waals surface area (Å²) in [5, 5.41) is 0. The summed E-state index contributed by atoms with van der Waals surface area (Å²) < 4.78 is 30.5. The van der Waals surface area contributed by atoms with Gasteiger partial charge in [0.05, 0.1) is 15.7 Å². The van der Waals surface area contributed by atoms with Crippen LogP contribution in [0.3, 0.4) is 0 Å². The molecular formula is C16H9F2N3S. The monoisotopic (exact) mass is 313 g/mol. The van der Waals surface area contributed by atoms with Gasteiger partial charge in [-0.25, -0.2) is 18.7 Å². The summed E-state index contributed by atoms with van der Waals surface area (Å²) in [4.78, 5) is 8.60. The van der Waals surface area contributed by atoms with Crippen LogP contribution in [0, 0.1) is 11.6 Å². The Hall–Kier alpha value is -2.60. The number of para-hydroxylation sites is 2. The van der Waals surface area contributed by atoms with Crippen LogP contribution in [0.15, 0.2) is 54.3 Å². The van der Waals surface area contributed by atoms with Crippen molar-refractivity contribution in [1.82, 2.24) is 14.5 Å². The van der Waals surface area contributed by atoms with Gasteiger partial charge in [0, 0.05) is 18.0 Å². The molecule has 22 heavy (non-hydrogen) atoms. The minimum Gasteiger partial charge on any atom is -0.294 e. The van der Waals surface area contributed by atoms with Gasteiger partial charge in [-0.05, 0) is 24.3 Å². The number of nitrogens with zero attached hydrogens (tertiary/aromatic N) is 3. The molecule has 2 aromatic carbocycles. The molecule has 0 spiro atoms. The summed E-state index contributed by atoms with van der Waals surface area (Å²) in [6.45, 7) is 0. The van der Waals surface area contributed by atoms with Crippen molar-refractivity contribution in [3.05, 3.63) is 65.9 Å². The van der Waals surface area contributed by atoms with Crippen LogP contribution in [-0.2, 0) is 0 Å². The lowest BCUT2D eigenvalue weighted by Gasteiger charge is -2.10. The summed E-state index contributed by atoms with van der Waals surface area (Å²) in [5.74, 6) is -0.810. The van der Waals surface area contributed by atoms with Crippen LogP contribution < -0.4 is 0 Å². The average Bonchev–Trinajstić information content (AvgIpc) is 3.15. The average molecular weight is 313 g/mol. The molecule has 0 aliphatic carbocycles. The number of rotatable bonds is 2. The van der Waals surface area contributed by atoms with Crippen LogP contribution in [-0.4, -0.2) is 14.5 Å². The molecule has 0 saturated carbocycles. The summed E-state index contributed by atoms with van der Waals surface area (Å²) in [6.07, 6.45) is 3.06.